The number of carbonyl (C=O) groups is 1. The molecular weight excluding hydrogens is 288 g/mol. The summed E-state index contributed by atoms with van der Waals surface area (Å²) in [5.41, 5.74) is 0.904. The Balaban J connectivity index is 1.85. The van der Waals surface area contributed by atoms with Gasteiger partial charge in [0.25, 0.3) is 0 Å². The fourth-order valence-corrected chi connectivity index (χ4v) is 3.33. The summed E-state index contributed by atoms with van der Waals surface area (Å²) in [6.45, 7) is 11.9. The van der Waals surface area contributed by atoms with E-state index >= 15 is 0 Å². The lowest BCUT2D eigenvalue weighted by Gasteiger charge is -2.45. The number of aryl methyl sites for hydroxylation is 1. The lowest BCUT2D eigenvalue weighted by atomic mass is 9.88. The van der Waals surface area contributed by atoms with E-state index in [1.54, 1.807) is 23.0 Å². The summed E-state index contributed by atoms with van der Waals surface area (Å²) < 4.78 is 1.72. The first kappa shape index (κ1) is 17.7. The molecule has 5 heteroatoms. The lowest BCUT2D eigenvalue weighted by Crippen LogP contribution is -2.56. The van der Waals surface area contributed by atoms with Crippen molar-refractivity contribution in [1.82, 2.24) is 20.0 Å². The van der Waals surface area contributed by atoms with Crippen molar-refractivity contribution in [2.45, 2.75) is 39.7 Å². The van der Waals surface area contributed by atoms with Gasteiger partial charge in [-0.1, -0.05) is 13.8 Å². The molecule has 0 bridgehead atoms. The molecule has 128 valence electrons. The van der Waals surface area contributed by atoms with Crippen LogP contribution in [0.4, 0.5) is 0 Å². The first-order valence-corrected chi connectivity index (χ1v) is 8.46. The summed E-state index contributed by atoms with van der Waals surface area (Å²) in [5, 5.41) is 7.11. The number of aromatic nitrogens is 2. The molecule has 0 unspecified atom stereocenters. The zero-order chi connectivity index (χ0) is 17.0. The Morgan fingerprint density at radius 3 is 2.61 bits per heavy atom. The van der Waals surface area contributed by atoms with Crippen LogP contribution in [0, 0.1) is 11.8 Å². The number of nitrogens with one attached hydrogen (secondary N) is 1. The highest BCUT2D eigenvalue weighted by Crippen LogP contribution is 2.26. The average Bonchev–Trinajstić information content (AvgIpc) is 2.88. The molecule has 1 aromatic rings. The standard InChI is InChI=1S/C18H30N4O/c1-14-8-15(2)11-22(10-14)18(3,4)13-19-17(23)7-6-16-9-20-21(5)12-16/h6-7,9,12,14-15H,8,10-11,13H2,1-5H3,(H,19,23)/b7-6-/t14-,15-/m1/s1. The van der Waals surface area contributed by atoms with Crippen LogP contribution in [-0.2, 0) is 11.8 Å². The minimum Gasteiger partial charge on any atom is -0.351 e. The van der Waals surface area contributed by atoms with Gasteiger partial charge in [-0.2, -0.15) is 5.10 Å². The van der Waals surface area contributed by atoms with E-state index in [0.717, 1.165) is 30.5 Å². The van der Waals surface area contributed by atoms with Gasteiger partial charge in [0, 0.05) is 50.1 Å². The molecule has 2 heterocycles. The molecule has 0 spiro atoms. The van der Waals surface area contributed by atoms with E-state index < -0.39 is 0 Å². The molecule has 2 rings (SSSR count). The molecule has 1 saturated heterocycles. The van der Waals surface area contributed by atoms with E-state index in [9.17, 15) is 4.79 Å². The van der Waals surface area contributed by atoms with Crippen molar-refractivity contribution in [3.05, 3.63) is 24.0 Å². The van der Waals surface area contributed by atoms with Crippen LogP contribution in [0.15, 0.2) is 18.5 Å². The molecule has 1 amide bonds. The number of likely N-dealkylation sites (tertiary alicyclic amines) is 1. The third-order valence-electron chi connectivity index (χ3n) is 4.57. The van der Waals surface area contributed by atoms with E-state index in [-0.39, 0.29) is 11.4 Å². The maximum atomic E-state index is 12.0. The summed E-state index contributed by atoms with van der Waals surface area (Å²) in [6, 6.07) is 0. The molecule has 0 saturated carbocycles. The highest BCUT2D eigenvalue weighted by atomic mass is 16.1. The van der Waals surface area contributed by atoms with Crippen LogP contribution in [0.3, 0.4) is 0 Å². The number of carbonyl (C=O) groups excluding carboxylic acids is 1. The highest BCUT2D eigenvalue weighted by molar-refractivity contribution is 5.91. The van der Waals surface area contributed by atoms with E-state index in [0.29, 0.717) is 6.54 Å². The predicted octanol–water partition coefficient (Wildman–Crippen LogP) is 2.31. The second-order valence-corrected chi connectivity index (χ2v) is 7.66. The SMILES string of the molecule is C[C@@H]1C[C@@H](C)CN(C(C)(C)CNC(=O)/C=C\c2cnn(C)c2)C1. The molecule has 23 heavy (non-hydrogen) atoms. The van der Waals surface area contributed by atoms with Gasteiger partial charge in [-0.15, -0.1) is 0 Å². The summed E-state index contributed by atoms with van der Waals surface area (Å²) in [4.78, 5) is 14.5. The van der Waals surface area contributed by atoms with Crippen molar-refractivity contribution >= 4 is 12.0 Å². The monoisotopic (exact) mass is 318 g/mol. The smallest absolute Gasteiger partial charge is 0.244 e. The van der Waals surface area contributed by atoms with E-state index in [1.807, 2.05) is 13.2 Å². The fraction of sp³-hybridized carbons (Fsp3) is 0.667. The van der Waals surface area contributed by atoms with Crippen LogP contribution in [-0.4, -0.2) is 45.8 Å². The highest BCUT2D eigenvalue weighted by Gasteiger charge is 2.32. The van der Waals surface area contributed by atoms with E-state index in [4.69, 9.17) is 0 Å². The normalized spacial score (nSPS) is 23.3. The number of amides is 1. The van der Waals surface area contributed by atoms with Gasteiger partial charge in [0.2, 0.25) is 5.91 Å². The van der Waals surface area contributed by atoms with Gasteiger partial charge >= 0.3 is 0 Å². The number of hydrogen-bond donors (Lipinski definition) is 1. The van der Waals surface area contributed by atoms with Crippen LogP contribution in [0.5, 0.6) is 0 Å². The second kappa shape index (κ2) is 7.30. The minimum atomic E-state index is -0.0555. The Hall–Kier alpha value is -1.62. The first-order chi connectivity index (χ1) is 10.8. The molecule has 1 N–H and O–H groups in total. The van der Waals surface area contributed by atoms with Crippen LogP contribution in [0.25, 0.3) is 6.08 Å². The molecule has 1 aliphatic heterocycles. The van der Waals surface area contributed by atoms with Crippen LogP contribution < -0.4 is 5.32 Å². The van der Waals surface area contributed by atoms with Crippen molar-refractivity contribution in [2.24, 2.45) is 18.9 Å². The van der Waals surface area contributed by atoms with Gasteiger partial charge in [0.15, 0.2) is 0 Å². The Morgan fingerprint density at radius 1 is 1.39 bits per heavy atom. The zero-order valence-electron chi connectivity index (χ0n) is 15.0. The maximum absolute atomic E-state index is 12.0. The molecule has 0 aliphatic carbocycles. The Morgan fingerprint density at radius 2 is 2.04 bits per heavy atom. The second-order valence-electron chi connectivity index (χ2n) is 7.66. The molecule has 5 nitrogen and oxygen atoms in total. The van der Waals surface area contributed by atoms with Gasteiger partial charge < -0.3 is 5.32 Å². The van der Waals surface area contributed by atoms with Crippen molar-refractivity contribution in [2.75, 3.05) is 19.6 Å². The molecule has 1 aromatic heterocycles. The van der Waals surface area contributed by atoms with Crippen LogP contribution in [0.1, 0.15) is 39.7 Å². The molecular formula is C18H30N4O. The van der Waals surface area contributed by atoms with Gasteiger partial charge in [-0.25, -0.2) is 0 Å². The van der Waals surface area contributed by atoms with Gasteiger partial charge in [-0.3, -0.25) is 14.4 Å². The Kier molecular flexibility index (Phi) is 5.63. The minimum absolute atomic E-state index is 0.0270. The van der Waals surface area contributed by atoms with E-state index in [1.165, 1.54) is 6.42 Å². The topological polar surface area (TPSA) is 50.2 Å². The summed E-state index contributed by atoms with van der Waals surface area (Å²) in [6.07, 6.45) is 8.29. The number of piperidine rings is 1. The Labute approximate surface area is 139 Å². The summed E-state index contributed by atoms with van der Waals surface area (Å²) in [7, 11) is 1.86. The number of nitrogens with zero attached hydrogens (tertiary/aromatic N) is 3. The van der Waals surface area contributed by atoms with Crippen LogP contribution >= 0.6 is 0 Å². The number of rotatable bonds is 5. The molecule has 1 fully saturated rings. The predicted molar refractivity (Wildman–Crippen MR) is 93.8 cm³/mol. The quantitative estimate of drug-likeness (QED) is 0.848. The van der Waals surface area contributed by atoms with Crippen LogP contribution in [0.2, 0.25) is 0 Å². The summed E-state index contributed by atoms with van der Waals surface area (Å²) >= 11 is 0. The molecule has 0 aromatic carbocycles. The van der Waals surface area contributed by atoms with Gasteiger partial charge in [-0.05, 0) is 38.2 Å². The van der Waals surface area contributed by atoms with Crippen molar-refractivity contribution < 1.29 is 4.79 Å². The maximum Gasteiger partial charge on any atom is 0.244 e. The molecule has 2 atom stereocenters. The average molecular weight is 318 g/mol. The Bertz CT molecular complexity index is 551. The summed E-state index contributed by atoms with van der Waals surface area (Å²) in [5.74, 6) is 1.39. The van der Waals surface area contributed by atoms with Crippen molar-refractivity contribution in [1.29, 1.82) is 0 Å². The van der Waals surface area contributed by atoms with Gasteiger partial charge in [0.05, 0.1) is 6.20 Å². The van der Waals surface area contributed by atoms with Crippen molar-refractivity contribution in [3.8, 4) is 0 Å². The van der Waals surface area contributed by atoms with E-state index in [2.05, 4.69) is 43.0 Å². The largest absolute Gasteiger partial charge is 0.351 e. The molecule has 0 radical (unpaired) electrons. The third kappa shape index (κ3) is 5.20. The first-order valence-electron chi connectivity index (χ1n) is 8.46. The third-order valence-corrected chi connectivity index (χ3v) is 4.57. The number of hydrogen-bond acceptors (Lipinski definition) is 3. The lowest BCUT2D eigenvalue weighted by molar-refractivity contribution is -0.117. The van der Waals surface area contributed by atoms with Crippen molar-refractivity contribution in [3.63, 3.8) is 0 Å². The zero-order valence-corrected chi connectivity index (χ0v) is 15.0. The molecule has 1 aliphatic rings. The fourth-order valence-electron chi connectivity index (χ4n) is 3.33. The van der Waals surface area contributed by atoms with Gasteiger partial charge in [0.1, 0.15) is 0 Å².